The van der Waals surface area contributed by atoms with E-state index < -0.39 is 5.91 Å². The van der Waals surface area contributed by atoms with Crippen molar-refractivity contribution < 1.29 is 4.79 Å². The van der Waals surface area contributed by atoms with E-state index in [2.05, 4.69) is 28.1 Å². The fraction of sp³-hybridized carbons (Fsp3) is 0.263. The van der Waals surface area contributed by atoms with Crippen LogP contribution < -0.4 is 5.73 Å². The summed E-state index contributed by atoms with van der Waals surface area (Å²) in [6.07, 6.45) is 3.63. The van der Waals surface area contributed by atoms with E-state index in [9.17, 15) is 4.79 Å². The fourth-order valence-electron chi connectivity index (χ4n) is 2.71. The standard InChI is InChI=1S/C19H21N5O/c1-3-5-19-21-13(2)10-17(22-19)15-7-4-6-14(11-15)16-8-9-24(23-16)12-18(20)25/h4,6-11H,3,5,12H2,1-2H3,(H2,20,25). The number of aromatic nitrogens is 4. The topological polar surface area (TPSA) is 86.7 Å². The summed E-state index contributed by atoms with van der Waals surface area (Å²) in [6, 6.07) is 11.9. The smallest absolute Gasteiger partial charge is 0.239 e. The maximum atomic E-state index is 11.0. The molecule has 0 aliphatic carbocycles. The Labute approximate surface area is 146 Å². The Balaban J connectivity index is 1.94. The largest absolute Gasteiger partial charge is 0.368 e. The number of primary amides is 1. The van der Waals surface area contributed by atoms with Gasteiger partial charge in [0.15, 0.2) is 0 Å². The number of hydrogen-bond donors (Lipinski definition) is 1. The van der Waals surface area contributed by atoms with E-state index in [0.717, 1.165) is 46.9 Å². The molecule has 2 heterocycles. The molecule has 0 unspecified atom stereocenters. The third kappa shape index (κ3) is 4.09. The lowest BCUT2D eigenvalue weighted by Crippen LogP contribution is -2.18. The van der Waals surface area contributed by atoms with Crippen LogP contribution in [-0.4, -0.2) is 25.7 Å². The van der Waals surface area contributed by atoms with Gasteiger partial charge >= 0.3 is 0 Å². The van der Waals surface area contributed by atoms with Gasteiger partial charge in [0.1, 0.15) is 12.4 Å². The van der Waals surface area contributed by atoms with Gasteiger partial charge in [0.2, 0.25) is 5.91 Å². The summed E-state index contributed by atoms with van der Waals surface area (Å²) in [5.41, 5.74) is 9.86. The summed E-state index contributed by atoms with van der Waals surface area (Å²) < 4.78 is 1.54. The second-order valence-electron chi connectivity index (χ2n) is 6.01. The number of hydrogen-bond acceptors (Lipinski definition) is 4. The molecule has 0 radical (unpaired) electrons. The quantitative estimate of drug-likeness (QED) is 0.750. The molecule has 3 rings (SSSR count). The molecule has 0 saturated heterocycles. The molecule has 0 atom stereocenters. The zero-order chi connectivity index (χ0) is 17.8. The van der Waals surface area contributed by atoms with Crippen molar-refractivity contribution in [2.24, 2.45) is 5.73 Å². The SMILES string of the molecule is CCCc1nc(C)cc(-c2cccc(-c3ccn(CC(N)=O)n3)c2)n1. The summed E-state index contributed by atoms with van der Waals surface area (Å²) in [6.45, 7) is 4.18. The molecule has 2 aromatic heterocycles. The Morgan fingerprint density at radius 1 is 1.12 bits per heavy atom. The number of benzene rings is 1. The number of carbonyl (C=O) groups excluding carboxylic acids is 1. The summed E-state index contributed by atoms with van der Waals surface area (Å²) in [4.78, 5) is 20.2. The summed E-state index contributed by atoms with van der Waals surface area (Å²) >= 11 is 0. The van der Waals surface area contributed by atoms with Crippen LogP contribution in [0, 0.1) is 6.92 Å². The molecule has 0 aliphatic heterocycles. The first-order valence-electron chi connectivity index (χ1n) is 8.32. The highest BCUT2D eigenvalue weighted by molar-refractivity contribution is 5.73. The van der Waals surface area contributed by atoms with Crippen molar-refractivity contribution in [2.75, 3.05) is 0 Å². The highest BCUT2D eigenvalue weighted by atomic mass is 16.1. The number of amides is 1. The maximum Gasteiger partial charge on any atom is 0.239 e. The number of rotatable bonds is 6. The lowest BCUT2D eigenvalue weighted by atomic mass is 10.1. The predicted octanol–water partition coefficient (Wildman–Crippen LogP) is 2.75. The summed E-state index contributed by atoms with van der Waals surface area (Å²) in [5.74, 6) is 0.456. The van der Waals surface area contributed by atoms with E-state index in [4.69, 9.17) is 5.73 Å². The second-order valence-corrected chi connectivity index (χ2v) is 6.01. The average molecular weight is 335 g/mol. The number of nitrogens with two attached hydrogens (primary N) is 1. The molecular formula is C19H21N5O. The minimum absolute atomic E-state index is 0.0746. The van der Waals surface area contributed by atoms with Gasteiger partial charge in [-0.1, -0.05) is 25.1 Å². The van der Waals surface area contributed by atoms with Crippen LogP contribution in [-0.2, 0) is 17.8 Å². The minimum atomic E-state index is -0.414. The van der Waals surface area contributed by atoms with Gasteiger partial charge in [0.05, 0.1) is 11.4 Å². The first kappa shape index (κ1) is 16.8. The van der Waals surface area contributed by atoms with Crippen LogP contribution in [0.3, 0.4) is 0 Å². The number of aryl methyl sites for hydroxylation is 2. The van der Waals surface area contributed by atoms with E-state index >= 15 is 0 Å². The van der Waals surface area contributed by atoms with Gasteiger partial charge in [-0.2, -0.15) is 5.10 Å². The van der Waals surface area contributed by atoms with Crippen molar-refractivity contribution in [3.63, 3.8) is 0 Å². The highest BCUT2D eigenvalue weighted by Gasteiger charge is 2.08. The summed E-state index contributed by atoms with van der Waals surface area (Å²) in [7, 11) is 0. The van der Waals surface area contributed by atoms with Gasteiger partial charge in [-0.25, -0.2) is 9.97 Å². The Morgan fingerprint density at radius 2 is 1.88 bits per heavy atom. The molecule has 0 aliphatic rings. The third-order valence-corrected chi connectivity index (χ3v) is 3.79. The van der Waals surface area contributed by atoms with Gasteiger partial charge < -0.3 is 5.73 Å². The molecule has 0 saturated carbocycles. The van der Waals surface area contributed by atoms with E-state index in [1.165, 1.54) is 0 Å². The predicted molar refractivity (Wildman–Crippen MR) is 96.6 cm³/mol. The van der Waals surface area contributed by atoms with Gasteiger partial charge in [-0.15, -0.1) is 0 Å². The van der Waals surface area contributed by atoms with Gasteiger partial charge in [0, 0.05) is 29.4 Å². The van der Waals surface area contributed by atoms with E-state index in [-0.39, 0.29) is 6.54 Å². The molecule has 2 N–H and O–H groups in total. The van der Waals surface area contributed by atoms with Crippen molar-refractivity contribution in [3.05, 3.63) is 54.1 Å². The van der Waals surface area contributed by atoms with Crippen molar-refractivity contribution >= 4 is 5.91 Å². The molecule has 25 heavy (non-hydrogen) atoms. The molecule has 1 aromatic carbocycles. The third-order valence-electron chi connectivity index (χ3n) is 3.79. The lowest BCUT2D eigenvalue weighted by Gasteiger charge is -2.07. The van der Waals surface area contributed by atoms with Crippen LogP contribution >= 0.6 is 0 Å². The Kier molecular flexibility index (Phi) is 4.88. The molecule has 0 bridgehead atoms. The van der Waals surface area contributed by atoms with Crippen LogP contribution in [0.5, 0.6) is 0 Å². The molecule has 0 spiro atoms. The van der Waals surface area contributed by atoms with E-state index in [1.807, 2.05) is 37.3 Å². The van der Waals surface area contributed by atoms with Crippen LogP contribution in [0.4, 0.5) is 0 Å². The molecule has 6 nitrogen and oxygen atoms in total. The van der Waals surface area contributed by atoms with Crippen LogP contribution in [0.1, 0.15) is 24.9 Å². The average Bonchev–Trinajstić information content (AvgIpc) is 3.02. The first-order valence-corrected chi connectivity index (χ1v) is 8.32. The van der Waals surface area contributed by atoms with Crippen molar-refractivity contribution in [2.45, 2.75) is 33.2 Å². The Hall–Kier alpha value is -3.02. The lowest BCUT2D eigenvalue weighted by molar-refractivity contribution is -0.118. The number of nitrogens with zero attached hydrogens (tertiary/aromatic N) is 4. The molecule has 128 valence electrons. The molecular weight excluding hydrogens is 314 g/mol. The highest BCUT2D eigenvalue weighted by Crippen LogP contribution is 2.25. The Bertz CT molecular complexity index is 900. The number of carbonyl (C=O) groups is 1. The van der Waals surface area contributed by atoms with Crippen LogP contribution in [0.15, 0.2) is 42.6 Å². The van der Waals surface area contributed by atoms with E-state index in [1.54, 1.807) is 10.9 Å². The van der Waals surface area contributed by atoms with Crippen molar-refractivity contribution in [1.29, 1.82) is 0 Å². The Morgan fingerprint density at radius 3 is 2.60 bits per heavy atom. The maximum absolute atomic E-state index is 11.0. The van der Waals surface area contributed by atoms with Gasteiger partial charge in [-0.3, -0.25) is 9.48 Å². The molecule has 6 heteroatoms. The molecule has 1 amide bonds. The van der Waals surface area contributed by atoms with E-state index in [0.29, 0.717) is 0 Å². The molecule has 3 aromatic rings. The zero-order valence-corrected chi connectivity index (χ0v) is 14.4. The second kappa shape index (κ2) is 7.25. The summed E-state index contributed by atoms with van der Waals surface area (Å²) in [5, 5.41) is 4.40. The minimum Gasteiger partial charge on any atom is -0.368 e. The normalized spacial score (nSPS) is 10.8. The van der Waals surface area contributed by atoms with Crippen LogP contribution in [0.2, 0.25) is 0 Å². The van der Waals surface area contributed by atoms with Gasteiger partial charge in [-0.05, 0) is 31.5 Å². The van der Waals surface area contributed by atoms with Crippen LogP contribution in [0.25, 0.3) is 22.5 Å². The van der Waals surface area contributed by atoms with Crippen molar-refractivity contribution in [3.8, 4) is 22.5 Å². The first-order chi connectivity index (χ1) is 12.0. The zero-order valence-electron chi connectivity index (χ0n) is 14.4. The van der Waals surface area contributed by atoms with Gasteiger partial charge in [0.25, 0.3) is 0 Å². The fourth-order valence-corrected chi connectivity index (χ4v) is 2.71. The monoisotopic (exact) mass is 335 g/mol. The molecule has 0 fully saturated rings. The van der Waals surface area contributed by atoms with Crippen molar-refractivity contribution in [1.82, 2.24) is 19.7 Å².